The van der Waals surface area contributed by atoms with Gasteiger partial charge in [-0.25, -0.2) is 4.98 Å². The molecule has 0 aliphatic carbocycles. The number of aromatic nitrogens is 2. The number of amides is 1. The van der Waals surface area contributed by atoms with Crippen LogP contribution in [0.1, 0.15) is 52.5 Å². The third-order valence-corrected chi connectivity index (χ3v) is 7.25. The number of nitro benzene ring substituents is 1. The predicted octanol–water partition coefficient (Wildman–Crippen LogP) is 5.23. The van der Waals surface area contributed by atoms with Gasteiger partial charge in [-0.2, -0.15) is 4.98 Å². The Kier molecular flexibility index (Phi) is 6.78. The second kappa shape index (κ2) is 10.2. The Bertz CT molecular complexity index is 1330. The van der Waals surface area contributed by atoms with Crippen LogP contribution in [0, 0.1) is 29.9 Å². The first kappa shape index (κ1) is 24.7. The van der Waals surface area contributed by atoms with Gasteiger partial charge in [-0.1, -0.05) is 30.7 Å². The Morgan fingerprint density at radius 1 is 1.05 bits per heavy atom. The molecule has 0 spiro atoms. The smallest absolute Gasteiger partial charge is 0.273 e. The van der Waals surface area contributed by atoms with E-state index in [0.717, 1.165) is 42.8 Å². The lowest BCUT2D eigenvalue weighted by molar-refractivity contribution is -0.385. The molecule has 2 aliphatic rings. The summed E-state index contributed by atoms with van der Waals surface area (Å²) in [6, 6.07) is 12.4. The standard InChI is InChI=1S/C28H31N5O4/c1-18-4-8-22(9-5-18)37-26-23-17-32(27(34)21-7-6-20(3)25(16-21)33(35)36)15-12-24(23)29-28(30-26)31-13-10-19(2)11-14-31/h4-9,16,19H,10-15,17H2,1-3H3. The Hall–Kier alpha value is -4.01. The number of carbonyl (C=O) groups excluding carboxylic acids is 1. The molecule has 9 heteroatoms. The van der Waals surface area contributed by atoms with Crippen molar-refractivity contribution in [2.24, 2.45) is 5.92 Å². The van der Waals surface area contributed by atoms with Crippen molar-refractivity contribution in [2.75, 3.05) is 24.5 Å². The molecule has 0 saturated carbocycles. The molecular formula is C28H31N5O4. The van der Waals surface area contributed by atoms with Crippen molar-refractivity contribution in [3.8, 4) is 11.6 Å². The first-order valence-corrected chi connectivity index (χ1v) is 12.7. The molecule has 0 N–H and O–H groups in total. The van der Waals surface area contributed by atoms with Crippen LogP contribution in [0.5, 0.6) is 11.6 Å². The van der Waals surface area contributed by atoms with Gasteiger partial charge in [0.25, 0.3) is 11.6 Å². The zero-order valence-electron chi connectivity index (χ0n) is 21.4. The molecule has 0 radical (unpaired) electrons. The molecule has 1 amide bonds. The summed E-state index contributed by atoms with van der Waals surface area (Å²) >= 11 is 0. The largest absolute Gasteiger partial charge is 0.438 e. The normalized spacial score (nSPS) is 15.9. The van der Waals surface area contributed by atoms with E-state index in [2.05, 4.69) is 11.8 Å². The molecule has 0 bridgehead atoms. The number of piperidine rings is 1. The zero-order chi connectivity index (χ0) is 26.1. The number of ether oxygens (including phenoxy) is 1. The summed E-state index contributed by atoms with van der Waals surface area (Å²) in [7, 11) is 0. The van der Waals surface area contributed by atoms with Crippen molar-refractivity contribution >= 4 is 17.5 Å². The molecule has 3 aromatic rings. The molecule has 37 heavy (non-hydrogen) atoms. The number of aryl methyl sites for hydroxylation is 2. The minimum Gasteiger partial charge on any atom is -0.438 e. The number of benzene rings is 2. The second-order valence-electron chi connectivity index (χ2n) is 10.1. The fraction of sp³-hybridized carbons (Fsp3) is 0.393. The summed E-state index contributed by atoms with van der Waals surface area (Å²) in [5, 5.41) is 11.4. The molecule has 3 heterocycles. The van der Waals surface area contributed by atoms with E-state index < -0.39 is 4.92 Å². The van der Waals surface area contributed by atoms with E-state index in [0.29, 0.717) is 47.6 Å². The summed E-state index contributed by atoms with van der Waals surface area (Å²) in [6.45, 7) is 8.49. The van der Waals surface area contributed by atoms with Crippen molar-refractivity contribution in [1.29, 1.82) is 0 Å². The van der Waals surface area contributed by atoms with Crippen molar-refractivity contribution < 1.29 is 14.5 Å². The first-order valence-electron chi connectivity index (χ1n) is 12.7. The Morgan fingerprint density at radius 2 is 1.78 bits per heavy atom. The van der Waals surface area contributed by atoms with Crippen molar-refractivity contribution in [3.63, 3.8) is 0 Å². The number of hydrogen-bond donors (Lipinski definition) is 0. The molecule has 1 aromatic heterocycles. The molecule has 1 saturated heterocycles. The minimum atomic E-state index is -0.456. The lowest BCUT2D eigenvalue weighted by Gasteiger charge is -2.33. The van der Waals surface area contributed by atoms with Gasteiger partial charge in [0.05, 0.1) is 22.7 Å². The van der Waals surface area contributed by atoms with Crippen LogP contribution in [0.2, 0.25) is 0 Å². The van der Waals surface area contributed by atoms with Crippen LogP contribution in [0.4, 0.5) is 11.6 Å². The summed E-state index contributed by atoms with van der Waals surface area (Å²) < 4.78 is 6.28. The molecular weight excluding hydrogens is 470 g/mol. The van der Waals surface area contributed by atoms with Gasteiger partial charge in [-0.15, -0.1) is 0 Å². The van der Waals surface area contributed by atoms with E-state index >= 15 is 0 Å². The summed E-state index contributed by atoms with van der Waals surface area (Å²) in [5.41, 5.74) is 3.54. The number of rotatable bonds is 5. The SMILES string of the molecule is Cc1ccc(Oc2nc(N3CCC(C)CC3)nc3c2CN(C(=O)c2ccc(C)c([N+](=O)[O-])c2)CC3)cc1. The summed E-state index contributed by atoms with van der Waals surface area (Å²) in [6.07, 6.45) is 2.75. The Morgan fingerprint density at radius 3 is 2.49 bits per heavy atom. The maximum Gasteiger partial charge on any atom is 0.273 e. The van der Waals surface area contributed by atoms with E-state index in [1.807, 2.05) is 31.2 Å². The van der Waals surface area contributed by atoms with Crippen LogP contribution in [0.25, 0.3) is 0 Å². The maximum atomic E-state index is 13.4. The fourth-order valence-electron chi connectivity index (χ4n) is 4.82. The number of fused-ring (bicyclic) bond motifs is 1. The fourth-order valence-corrected chi connectivity index (χ4v) is 4.82. The summed E-state index contributed by atoms with van der Waals surface area (Å²) in [4.78, 5) is 37.9. The number of carbonyl (C=O) groups is 1. The average Bonchev–Trinajstić information content (AvgIpc) is 2.90. The minimum absolute atomic E-state index is 0.0597. The third kappa shape index (κ3) is 5.26. The monoisotopic (exact) mass is 501 g/mol. The molecule has 9 nitrogen and oxygen atoms in total. The highest BCUT2D eigenvalue weighted by Gasteiger charge is 2.30. The number of nitro groups is 1. The van der Waals surface area contributed by atoms with E-state index in [-0.39, 0.29) is 18.1 Å². The Balaban J connectivity index is 1.47. The third-order valence-electron chi connectivity index (χ3n) is 7.25. The lowest BCUT2D eigenvalue weighted by Crippen LogP contribution is -2.38. The van der Waals surface area contributed by atoms with Gasteiger partial charge in [-0.3, -0.25) is 14.9 Å². The number of hydrogen-bond acceptors (Lipinski definition) is 7. The van der Waals surface area contributed by atoms with Gasteiger partial charge in [0, 0.05) is 43.2 Å². The van der Waals surface area contributed by atoms with Gasteiger partial charge >= 0.3 is 0 Å². The number of anilines is 1. The lowest BCUT2D eigenvalue weighted by atomic mass is 9.99. The van der Waals surface area contributed by atoms with Crippen molar-refractivity contribution in [1.82, 2.24) is 14.9 Å². The molecule has 192 valence electrons. The molecule has 0 atom stereocenters. The van der Waals surface area contributed by atoms with Crippen molar-refractivity contribution in [2.45, 2.75) is 46.6 Å². The van der Waals surface area contributed by atoms with E-state index in [9.17, 15) is 14.9 Å². The topological polar surface area (TPSA) is 102 Å². The van der Waals surface area contributed by atoms with E-state index in [1.54, 1.807) is 24.0 Å². The van der Waals surface area contributed by atoms with Crippen LogP contribution >= 0.6 is 0 Å². The highest BCUT2D eigenvalue weighted by atomic mass is 16.6. The van der Waals surface area contributed by atoms with Gasteiger partial charge in [-0.05, 0) is 50.8 Å². The molecule has 0 unspecified atom stereocenters. The highest BCUT2D eigenvalue weighted by molar-refractivity contribution is 5.95. The average molecular weight is 502 g/mol. The van der Waals surface area contributed by atoms with Crippen LogP contribution < -0.4 is 9.64 Å². The van der Waals surface area contributed by atoms with E-state index in [4.69, 9.17) is 14.7 Å². The van der Waals surface area contributed by atoms with Gasteiger partial charge in [0.2, 0.25) is 11.8 Å². The molecule has 1 fully saturated rings. The Labute approximate surface area is 216 Å². The zero-order valence-corrected chi connectivity index (χ0v) is 21.4. The van der Waals surface area contributed by atoms with Crippen LogP contribution in [-0.2, 0) is 13.0 Å². The highest BCUT2D eigenvalue weighted by Crippen LogP contribution is 2.33. The quantitative estimate of drug-likeness (QED) is 0.348. The maximum absolute atomic E-state index is 13.4. The van der Waals surface area contributed by atoms with Crippen LogP contribution in [-0.4, -0.2) is 45.3 Å². The molecule has 2 aliphatic heterocycles. The summed E-state index contributed by atoms with van der Waals surface area (Å²) in [5.74, 6) is 2.22. The van der Waals surface area contributed by atoms with Gasteiger partial charge < -0.3 is 14.5 Å². The second-order valence-corrected chi connectivity index (χ2v) is 10.1. The van der Waals surface area contributed by atoms with Gasteiger partial charge in [0.1, 0.15) is 5.75 Å². The van der Waals surface area contributed by atoms with E-state index in [1.165, 1.54) is 6.07 Å². The van der Waals surface area contributed by atoms with Crippen molar-refractivity contribution in [3.05, 3.63) is 80.5 Å². The molecule has 2 aromatic carbocycles. The molecule has 5 rings (SSSR count). The predicted molar refractivity (Wildman–Crippen MR) is 140 cm³/mol. The van der Waals surface area contributed by atoms with Crippen LogP contribution in [0.15, 0.2) is 42.5 Å². The first-order chi connectivity index (χ1) is 17.8. The number of nitrogens with zero attached hydrogens (tertiary/aromatic N) is 5. The van der Waals surface area contributed by atoms with Crippen LogP contribution in [0.3, 0.4) is 0 Å². The van der Waals surface area contributed by atoms with Gasteiger partial charge in [0.15, 0.2) is 0 Å².